The van der Waals surface area contributed by atoms with E-state index >= 15 is 0 Å². The highest BCUT2D eigenvalue weighted by Gasteiger charge is 2.33. The van der Waals surface area contributed by atoms with Crippen LogP contribution >= 0.6 is 0 Å². The van der Waals surface area contributed by atoms with Gasteiger partial charge in [0.1, 0.15) is 5.76 Å². The molecule has 0 spiro atoms. The van der Waals surface area contributed by atoms with Crippen LogP contribution in [-0.2, 0) is 21.1 Å². The summed E-state index contributed by atoms with van der Waals surface area (Å²) in [7, 11) is -3.01. The van der Waals surface area contributed by atoms with Crippen molar-refractivity contribution in [1.29, 1.82) is 0 Å². The topological polar surface area (TPSA) is 76.4 Å². The molecule has 0 aliphatic carbocycles. The Morgan fingerprint density at radius 2 is 2.39 bits per heavy atom. The Kier molecular flexibility index (Phi) is 3.75. The van der Waals surface area contributed by atoms with Crippen molar-refractivity contribution < 1.29 is 17.6 Å². The van der Waals surface area contributed by atoms with Crippen LogP contribution < -0.4 is 5.32 Å². The molecule has 1 amide bonds. The van der Waals surface area contributed by atoms with E-state index in [9.17, 15) is 13.2 Å². The van der Waals surface area contributed by atoms with Gasteiger partial charge in [0.15, 0.2) is 9.84 Å². The van der Waals surface area contributed by atoms with Gasteiger partial charge < -0.3 is 9.73 Å². The fourth-order valence-corrected chi connectivity index (χ4v) is 3.89. The van der Waals surface area contributed by atoms with Gasteiger partial charge in [0.05, 0.1) is 23.7 Å². The number of rotatable bonds is 4. The molecule has 1 aromatic rings. The molecule has 1 N–H and O–H groups in total. The molecule has 100 valence electrons. The molecule has 0 aromatic carbocycles. The summed E-state index contributed by atoms with van der Waals surface area (Å²) in [6.07, 6.45) is 2.63. The average Bonchev–Trinajstić information content (AvgIpc) is 2.87. The molecule has 18 heavy (non-hydrogen) atoms. The van der Waals surface area contributed by atoms with E-state index in [0.29, 0.717) is 12.8 Å². The zero-order valence-electron chi connectivity index (χ0n) is 10.3. The molecule has 1 aromatic heterocycles. The van der Waals surface area contributed by atoms with E-state index < -0.39 is 15.8 Å². The molecule has 1 fully saturated rings. The number of carbonyl (C=O) groups is 1. The zero-order valence-corrected chi connectivity index (χ0v) is 11.1. The van der Waals surface area contributed by atoms with Crippen LogP contribution in [0.2, 0.25) is 0 Å². The van der Waals surface area contributed by atoms with Crippen molar-refractivity contribution in [2.45, 2.75) is 25.8 Å². The second-order valence-corrected chi connectivity index (χ2v) is 7.02. The summed E-state index contributed by atoms with van der Waals surface area (Å²) in [5.41, 5.74) is 0. The minimum atomic E-state index is -3.01. The summed E-state index contributed by atoms with van der Waals surface area (Å²) in [4.78, 5) is 11.9. The van der Waals surface area contributed by atoms with E-state index in [0.717, 1.165) is 5.76 Å². The summed E-state index contributed by atoms with van der Waals surface area (Å²) >= 11 is 0. The van der Waals surface area contributed by atoms with E-state index in [1.165, 1.54) is 0 Å². The molecule has 0 bridgehead atoms. The summed E-state index contributed by atoms with van der Waals surface area (Å²) in [5, 5.41) is 2.83. The predicted octanol–water partition coefficient (Wildman–Crippen LogP) is 0.762. The van der Waals surface area contributed by atoms with Gasteiger partial charge in [0.25, 0.3) is 0 Å². The molecule has 2 atom stereocenters. The van der Waals surface area contributed by atoms with Gasteiger partial charge in [-0.2, -0.15) is 0 Å². The van der Waals surface area contributed by atoms with Crippen LogP contribution in [0.3, 0.4) is 0 Å². The van der Waals surface area contributed by atoms with Gasteiger partial charge >= 0.3 is 0 Å². The Bertz CT molecular complexity index is 506. The predicted molar refractivity (Wildman–Crippen MR) is 66.8 cm³/mol. The third kappa shape index (κ3) is 3.35. The lowest BCUT2D eigenvalue weighted by molar-refractivity contribution is -0.124. The molecular weight excluding hydrogens is 254 g/mol. The van der Waals surface area contributed by atoms with E-state index in [2.05, 4.69) is 5.32 Å². The Hall–Kier alpha value is -1.30. The van der Waals surface area contributed by atoms with Crippen molar-refractivity contribution in [1.82, 2.24) is 5.32 Å². The number of carbonyl (C=O) groups excluding carboxylic acids is 1. The van der Waals surface area contributed by atoms with Gasteiger partial charge in [-0.25, -0.2) is 8.42 Å². The lowest BCUT2D eigenvalue weighted by Crippen LogP contribution is -2.38. The first-order valence-electron chi connectivity index (χ1n) is 5.99. The third-order valence-electron chi connectivity index (χ3n) is 3.08. The summed E-state index contributed by atoms with van der Waals surface area (Å²) in [6, 6.07) is 3.59. The molecule has 0 saturated carbocycles. The second kappa shape index (κ2) is 5.14. The van der Waals surface area contributed by atoms with Gasteiger partial charge in [-0.3, -0.25) is 4.79 Å². The number of amides is 1. The number of furan rings is 1. The first kappa shape index (κ1) is 13.1. The standard InChI is InChI=1S/C12H17NO4S/c1-9(7-11-3-2-5-17-11)13-12(14)10-4-6-18(15,16)8-10/h2-3,5,9-10H,4,6-8H2,1H3,(H,13,14)/t9-,10+/m0/s1. The molecule has 2 heterocycles. The average molecular weight is 271 g/mol. The maximum absolute atomic E-state index is 11.9. The molecule has 1 aliphatic heterocycles. The van der Waals surface area contributed by atoms with Crippen molar-refractivity contribution in [3.05, 3.63) is 24.2 Å². The number of nitrogens with one attached hydrogen (secondary N) is 1. The Labute approximate surface area is 106 Å². The quantitative estimate of drug-likeness (QED) is 0.877. The van der Waals surface area contributed by atoms with Gasteiger partial charge in [-0.15, -0.1) is 0 Å². The fourth-order valence-electron chi connectivity index (χ4n) is 2.14. The molecule has 1 aliphatic rings. The SMILES string of the molecule is C[C@@H](Cc1ccco1)NC(=O)[C@@H]1CCS(=O)(=O)C1. The van der Waals surface area contributed by atoms with Crippen LogP contribution in [0.15, 0.2) is 22.8 Å². The highest BCUT2D eigenvalue weighted by atomic mass is 32.2. The van der Waals surface area contributed by atoms with Crippen LogP contribution in [0.25, 0.3) is 0 Å². The fraction of sp³-hybridized carbons (Fsp3) is 0.583. The molecule has 0 radical (unpaired) electrons. The van der Waals surface area contributed by atoms with Crippen LogP contribution in [0, 0.1) is 5.92 Å². The summed E-state index contributed by atoms with van der Waals surface area (Å²) in [6.45, 7) is 1.88. The maximum atomic E-state index is 11.9. The third-order valence-corrected chi connectivity index (χ3v) is 4.85. The minimum Gasteiger partial charge on any atom is -0.469 e. The van der Waals surface area contributed by atoms with Crippen molar-refractivity contribution in [3.63, 3.8) is 0 Å². The van der Waals surface area contributed by atoms with Crippen molar-refractivity contribution >= 4 is 15.7 Å². The Balaban J connectivity index is 1.84. The molecule has 6 heteroatoms. The first-order chi connectivity index (χ1) is 8.46. The van der Waals surface area contributed by atoms with E-state index in [4.69, 9.17) is 4.42 Å². The van der Waals surface area contributed by atoms with Gasteiger partial charge in [0, 0.05) is 12.5 Å². The number of hydrogen-bond acceptors (Lipinski definition) is 4. The van der Waals surface area contributed by atoms with Crippen molar-refractivity contribution in [2.24, 2.45) is 5.92 Å². The molecule has 0 unspecified atom stereocenters. The lowest BCUT2D eigenvalue weighted by atomic mass is 10.1. The highest BCUT2D eigenvalue weighted by Crippen LogP contribution is 2.18. The van der Waals surface area contributed by atoms with Crippen LogP contribution in [0.4, 0.5) is 0 Å². The minimum absolute atomic E-state index is 0.0215. The van der Waals surface area contributed by atoms with E-state index in [-0.39, 0.29) is 23.5 Å². The Morgan fingerprint density at radius 3 is 2.94 bits per heavy atom. The second-order valence-electron chi connectivity index (χ2n) is 4.79. The smallest absolute Gasteiger partial charge is 0.224 e. The lowest BCUT2D eigenvalue weighted by Gasteiger charge is -2.15. The summed E-state index contributed by atoms with van der Waals surface area (Å²) < 4.78 is 27.8. The molecular formula is C12H17NO4S. The highest BCUT2D eigenvalue weighted by molar-refractivity contribution is 7.91. The maximum Gasteiger partial charge on any atom is 0.224 e. The summed E-state index contributed by atoms with van der Waals surface area (Å²) in [5.74, 6) is 0.343. The van der Waals surface area contributed by atoms with Crippen LogP contribution in [0.1, 0.15) is 19.1 Å². The van der Waals surface area contributed by atoms with E-state index in [1.54, 1.807) is 12.3 Å². The molecule has 1 saturated heterocycles. The normalized spacial score (nSPS) is 23.7. The number of hydrogen-bond donors (Lipinski definition) is 1. The molecule has 2 rings (SSSR count). The van der Waals surface area contributed by atoms with E-state index in [1.807, 2.05) is 13.0 Å². The largest absolute Gasteiger partial charge is 0.469 e. The van der Waals surface area contributed by atoms with Gasteiger partial charge in [-0.1, -0.05) is 0 Å². The molecule has 5 nitrogen and oxygen atoms in total. The van der Waals surface area contributed by atoms with Crippen LogP contribution in [-0.4, -0.2) is 31.9 Å². The van der Waals surface area contributed by atoms with Crippen LogP contribution in [0.5, 0.6) is 0 Å². The number of sulfone groups is 1. The zero-order chi connectivity index (χ0) is 13.2. The Morgan fingerprint density at radius 1 is 1.61 bits per heavy atom. The van der Waals surface area contributed by atoms with Gasteiger partial charge in [0.2, 0.25) is 5.91 Å². The van der Waals surface area contributed by atoms with Crippen molar-refractivity contribution in [2.75, 3.05) is 11.5 Å². The van der Waals surface area contributed by atoms with Gasteiger partial charge in [-0.05, 0) is 25.5 Å². The first-order valence-corrected chi connectivity index (χ1v) is 7.81. The monoisotopic (exact) mass is 271 g/mol. The van der Waals surface area contributed by atoms with Crippen molar-refractivity contribution in [3.8, 4) is 0 Å².